The monoisotopic (exact) mass is 946 g/mol. The van der Waals surface area contributed by atoms with Gasteiger partial charge in [-0.25, -0.2) is 28.9 Å². The zero-order valence-corrected chi connectivity index (χ0v) is 39.6. The molecule has 3 fully saturated rings. The third kappa shape index (κ3) is 8.23. The van der Waals surface area contributed by atoms with Gasteiger partial charge in [-0.1, -0.05) is 33.8 Å². The van der Waals surface area contributed by atoms with Gasteiger partial charge < -0.3 is 44.6 Å². The zero-order valence-electron chi connectivity index (χ0n) is 38.8. The first-order valence-electron chi connectivity index (χ1n) is 23.3. The third-order valence-electron chi connectivity index (χ3n) is 13.7. The first-order chi connectivity index (χ1) is 32.8. The molecule has 19 heteroatoms. The second-order valence-corrected chi connectivity index (χ2v) is 19.9. The van der Waals surface area contributed by atoms with E-state index >= 15 is 4.39 Å². The number of hydrogen-bond donors (Lipinski definition) is 4. The van der Waals surface area contributed by atoms with E-state index in [-0.39, 0.29) is 35.7 Å². The molecule has 4 aliphatic rings. The molecule has 68 heavy (non-hydrogen) atoms. The summed E-state index contributed by atoms with van der Waals surface area (Å²) in [5, 5.41) is 7.01. The van der Waals surface area contributed by atoms with Crippen LogP contribution in [0.2, 0.25) is 0 Å². The predicted molar refractivity (Wildman–Crippen MR) is 251 cm³/mol. The van der Waals surface area contributed by atoms with Crippen LogP contribution in [0.4, 0.5) is 14.0 Å². The summed E-state index contributed by atoms with van der Waals surface area (Å²) in [4.78, 5) is 77.8. The van der Waals surface area contributed by atoms with Gasteiger partial charge in [-0.3, -0.25) is 14.2 Å². The Kier molecular flexibility index (Phi) is 12.0. The lowest BCUT2D eigenvalue weighted by Crippen LogP contribution is -2.51. The molecule has 6 aromatic rings. The summed E-state index contributed by atoms with van der Waals surface area (Å²) in [5.74, 6) is 0.877. The Labute approximate surface area is 396 Å². The van der Waals surface area contributed by atoms with Gasteiger partial charge >= 0.3 is 12.2 Å². The minimum absolute atomic E-state index is 0.153. The molecule has 2 saturated heterocycles. The summed E-state index contributed by atoms with van der Waals surface area (Å²) in [6, 6.07) is 9.17. The molecule has 4 N–H and O–H groups in total. The highest BCUT2D eigenvalue weighted by Crippen LogP contribution is 2.50. The number of methoxy groups -OCH3 is 2. The van der Waals surface area contributed by atoms with Gasteiger partial charge in [0.2, 0.25) is 18.0 Å². The van der Waals surface area contributed by atoms with Crippen molar-refractivity contribution in [3.63, 3.8) is 0 Å². The number of H-pyrrole nitrogens is 2. The average Bonchev–Trinajstić information content (AvgIpc) is 4.05. The van der Waals surface area contributed by atoms with Crippen molar-refractivity contribution in [3.8, 4) is 39.5 Å². The number of ether oxygens (including phenoxy) is 3. The number of carbonyl (C=O) groups excluding carboxylic acids is 4. The van der Waals surface area contributed by atoms with E-state index in [1.807, 2.05) is 68.8 Å². The number of nitrogens with one attached hydrogen (secondary N) is 4. The molecule has 1 saturated carbocycles. The van der Waals surface area contributed by atoms with E-state index < -0.39 is 36.3 Å². The first kappa shape index (κ1) is 45.0. The quantitative estimate of drug-likeness (QED) is 0.0921. The topological polar surface area (TPSA) is 202 Å². The fraction of sp³-hybridized carbons (Fsp3) is 0.449. The number of rotatable bonds is 12. The van der Waals surface area contributed by atoms with Crippen molar-refractivity contribution in [1.82, 2.24) is 49.9 Å². The molecular formula is C49H55FN10O7S. The first-order valence-corrected chi connectivity index (χ1v) is 24.1. The number of fused-ring (bicyclic) bond motifs is 5. The highest BCUT2D eigenvalue weighted by Gasteiger charge is 2.40. The lowest BCUT2D eigenvalue weighted by molar-refractivity contribution is -0.136. The Balaban J connectivity index is 0.963. The standard InChI is InChI=1S/C49H55FN10O7S/c1-24(2)40(56-48(63)65-5)45(61)58-15-7-9-34(58)42-51-21-31(54-42)27-13-14-33-29(17-27)19-36-39-30(50)18-28(20-37(39)67-47(60(33)36)44-53-23-38(68-44)26-11-12-26)32-22-52-43(55-32)35-10-8-16-59(35)46(62)41(25(3)4)57-49(64)66-6/h13-14,17-26,34-35,40-41,47H,7-12,15-16H2,1-6H3,(H,51,54)(H,52,55)(H,56,63)(H,57,64)/t34-,35-,40-,41-,47?/m0/s1. The Morgan fingerprint density at radius 2 is 1.35 bits per heavy atom. The van der Waals surface area contributed by atoms with Crippen molar-refractivity contribution in [2.45, 2.75) is 103 Å². The van der Waals surface area contributed by atoms with Crippen LogP contribution in [0.15, 0.2) is 55.0 Å². The molecule has 5 atom stereocenters. The molecule has 356 valence electrons. The molecule has 4 amide bonds. The van der Waals surface area contributed by atoms with E-state index in [0.717, 1.165) is 59.3 Å². The second-order valence-electron chi connectivity index (χ2n) is 18.8. The number of alkyl carbamates (subject to hydrolysis) is 2. The van der Waals surface area contributed by atoms with E-state index in [0.29, 0.717) is 65.3 Å². The summed E-state index contributed by atoms with van der Waals surface area (Å²) < 4.78 is 35.3. The number of aromatic amines is 2. The molecule has 4 aromatic heterocycles. The van der Waals surface area contributed by atoms with Gasteiger partial charge in [0.25, 0.3) is 0 Å². The van der Waals surface area contributed by atoms with Crippen molar-refractivity contribution in [2.75, 3.05) is 27.3 Å². The SMILES string of the molecule is COC(=O)N[C@H](C(=O)N1CCC[C@H]1c1ncc(-c2cc(F)c3c(c2)OC(c2ncc(C4CC4)s2)n2c-3cc3cc(-c4cnc([C@@H]5CCCN5C(=O)[C@@H](NC(=O)OC)C(C)C)[nH]4)ccc32)[nH]1)C(C)C. The molecule has 10 rings (SSSR count). The van der Waals surface area contributed by atoms with Crippen LogP contribution in [0, 0.1) is 17.7 Å². The van der Waals surface area contributed by atoms with Gasteiger partial charge in [-0.15, -0.1) is 11.3 Å². The number of hydrogen-bond acceptors (Lipinski definition) is 11. The van der Waals surface area contributed by atoms with E-state index in [4.69, 9.17) is 29.2 Å². The Bertz CT molecular complexity index is 2920. The summed E-state index contributed by atoms with van der Waals surface area (Å²) in [7, 11) is 2.55. The van der Waals surface area contributed by atoms with Crippen molar-refractivity contribution in [2.24, 2.45) is 11.8 Å². The largest absolute Gasteiger partial charge is 0.462 e. The summed E-state index contributed by atoms with van der Waals surface area (Å²) >= 11 is 1.62. The minimum atomic E-state index is -0.773. The maximum Gasteiger partial charge on any atom is 0.407 e. The van der Waals surface area contributed by atoms with Gasteiger partial charge in [0.1, 0.15) is 35.3 Å². The fourth-order valence-corrected chi connectivity index (χ4v) is 11.0. The Hall–Kier alpha value is -6.76. The van der Waals surface area contributed by atoms with Crippen molar-refractivity contribution in [3.05, 3.63) is 82.3 Å². The van der Waals surface area contributed by atoms with Crippen LogP contribution < -0.4 is 15.4 Å². The van der Waals surface area contributed by atoms with Gasteiger partial charge in [0, 0.05) is 40.7 Å². The lowest BCUT2D eigenvalue weighted by atomic mass is 10.0. The van der Waals surface area contributed by atoms with Crippen LogP contribution in [0.1, 0.15) is 112 Å². The highest BCUT2D eigenvalue weighted by atomic mass is 32.1. The Morgan fingerprint density at radius 3 is 1.91 bits per heavy atom. The van der Waals surface area contributed by atoms with E-state index in [1.54, 1.807) is 33.5 Å². The van der Waals surface area contributed by atoms with E-state index in [1.165, 1.54) is 25.2 Å². The minimum Gasteiger partial charge on any atom is -0.462 e. The number of likely N-dealkylation sites (tertiary alicyclic amines) is 2. The van der Waals surface area contributed by atoms with Gasteiger partial charge in [0.15, 0.2) is 5.01 Å². The van der Waals surface area contributed by atoms with Crippen molar-refractivity contribution >= 4 is 46.2 Å². The van der Waals surface area contributed by atoms with Crippen LogP contribution in [0.3, 0.4) is 0 Å². The van der Waals surface area contributed by atoms with Crippen LogP contribution in [-0.2, 0) is 19.1 Å². The molecule has 1 aliphatic carbocycles. The normalized spacial score (nSPS) is 19.8. The molecule has 17 nitrogen and oxygen atoms in total. The number of amides is 4. The maximum absolute atomic E-state index is 16.9. The Morgan fingerprint density at radius 1 is 0.765 bits per heavy atom. The smallest absolute Gasteiger partial charge is 0.407 e. The molecule has 7 heterocycles. The molecule has 1 unspecified atom stereocenters. The van der Waals surface area contributed by atoms with E-state index in [2.05, 4.69) is 20.6 Å². The molecule has 0 radical (unpaired) electrons. The molecule has 3 aliphatic heterocycles. The second kappa shape index (κ2) is 18.0. The highest BCUT2D eigenvalue weighted by molar-refractivity contribution is 7.11. The zero-order chi connectivity index (χ0) is 47.5. The van der Waals surface area contributed by atoms with Crippen molar-refractivity contribution in [1.29, 1.82) is 0 Å². The number of carbonyl (C=O) groups is 4. The summed E-state index contributed by atoms with van der Waals surface area (Å²) in [5.41, 5.74) is 4.53. The van der Waals surface area contributed by atoms with Crippen molar-refractivity contribution < 1.29 is 37.8 Å². The molecular weight excluding hydrogens is 892 g/mol. The maximum atomic E-state index is 16.9. The van der Waals surface area contributed by atoms with Crippen LogP contribution in [-0.4, -0.2) is 103 Å². The summed E-state index contributed by atoms with van der Waals surface area (Å²) in [6.45, 7) is 8.56. The van der Waals surface area contributed by atoms with Crippen LogP contribution in [0.5, 0.6) is 5.75 Å². The summed E-state index contributed by atoms with van der Waals surface area (Å²) in [6.07, 6.45) is 8.56. The fourth-order valence-electron chi connectivity index (χ4n) is 9.92. The molecule has 0 bridgehead atoms. The van der Waals surface area contributed by atoms with Crippen LogP contribution >= 0.6 is 11.3 Å². The third-order valence-corrected chi connectivity index (χ3v) is 14.8. The average molecular weight is 947 g/mol. The lowest BCUT2D eigenvalue weighted by Gasteiger charge is -2.30. The van der Waals surface area contributed by atoms with Gasteiger partial charge in [-0.05, 0) is 86.6 Å². The molecule has 0 spiro atoms. The predicted octanol–water partition coefficient (Wildman–Crippen LogP) is 8.59. The molecule has 2 aromatic carbocycles. The number of thiazole rings is 1. The van der Waals surface area contributed by atoms with Gasteiger partial charge in [-0.2, -0.15) is 0 Å². The van der Waals surface area contributed by atoms with Crippen LogP contribution in [0.25, 0.3) is 44.7 Å². The number of benzene rings is 2. The van der Waals surface area contributed by atoms with E-state index in [9.17, 15) is 19.2 Å². The number of nitrogens with zero attached hydrogens (tertiary/aromatic N) is 6. The number of halogens is 1. The van der Waals surface area contributed by atoms with Gasteiger partial charge in [0.05, 0.1) is 66.9 Å². The number of imidazole rings is 2. The number of aromatic nitrogens is 6.